The first-order valence-corrected chi connectivity index (χ1v) is 13.7. The maximum atomic E-state index is 11.7. The molecule has 0 bridgehead atoms. The van der Waals surface area contributed by atoms with Crippen LogP contribution in [0.3, 0.4) is 0 Å². The number of hydrogen-bond acceptors (Lipinski definition) is 4. The molecule has 4 aromatic rings. The van der Waals surface area contributed by atoms with E-state index in [1.807, 2.05) is 97.1 Å². The van der Waals surface area contributed by atoms with Crippen LogP contribution >= 0.6 is 0 Å². The predicted molar refractivity (Wildman–Crippen MR) is 167 cm³/mol. The highest BCUT2D eigenvalue weighted by atomic mass is 16.4. The summed E-state index contributed by atoms with van der Waals surface area (Å²) in [6.45, 7) is 0. The summed E-state index contributed by atoms with van der Waals surface area (Å²) in [6.07, 6.45) is 5.36. The van der Waals surface area contributed by atoms with E-state index in [1.54, 1.807) is 36.4 Å². The Morgan fingerprint density at radius 2 is 0.705 bits per heavy atom. The van der Waals surface area contributed by atoms with Crippen molar-refractivity contribution in [3.63, 3.8) is 0 Å². The summed E-state index contributed by atoms with van der Waals surface area (Å²) >= 11 is 0. The molecule has 4 aromatic carbocycles. The van der Waals surface area contributed by atoms with Gasteiger partial charge in [0, 0.05) is 24.0 Å². The summed E-state index contributed by atoms with van der Waals surface area (Å²) in [5, 5.41) is 35.8. The van der Waals surface area contributed by atoms with Crippen molar-refractivity contribution in [2.75, 3.05) is 0 Å². The quantitative estimate of drug-likeness (QED) is 0.169. The third-order valence-electron chi connectivity index (χ3n) is 6.92. The Balaban J connectivity index is 0.000000202. The lowest BCUT2D eigenvalue weighted by atomic mass is 9.52. The average molecular weight is 593 g/mol. The standard InChI is InChI=1S/C18H16O4.2C9H8O2/c19-17(20)15-13(11-7-3-1-4-8-11)16(18(21)22)14(15)12-9-5-2-6-10-12;2*10-9(11)7-6-8-4-2-1-3-5-8/h1-10,13-16H,(H,19,20)(H,21,22);2*1-7H,(H,10,11)/b;2*7-6+. The van der Waals surface area contributed by atoms with E-state index in [1.165, 1.54) is 0 Å². The average Bonchev–Trinajstić information content (AvgIpc) is 3.01. The van der Waals surface area contributed by atoms with Crippen molar-refractivity contribution in [1.82, 2.24) is 0 Å². The van der Waals surface area contributed by atoms with Gasteiger partial charge in [-0.05, 0) is 34.4 Å². The van der Waals surface area contributed by atoms with Crippen molar-refractivity contribution in [2.45, 2.75) is 11.8 Å². The van der Waals surface area contributed by atoms with Gasteiger partial charge in [-0.1, -0.05) is 121 Å². The monoisotopic (exact) mass is 592 g/mol. The minimum Gasteiger partial charge on any atom is -0.481 e. The van der Waals surface area contributed by atoms with E-state index >= 15 is 0 Å². The van der Waals surface area contributed by atoms with E-state index in [2.05, 4.69) is 0 Å². The van der Waals surface area contributed by atoms with Gasteiger partial charge in [0.2, 0.25) is 0 Å². The van der Waals surface area contributed by atoms with E-state index in [0.29, 0.717) is 0 Å². The van der Waals surface area contributed by atoms with Crippen molar-refractivity contribution in [3.05, 3.63) is 156 Å². The van der Waals surface area contributed by atoms with Gasteiger partial charge in [0.1, 0.15) is 0 Å². The van der Waals surface area contributed by atoms with Crippen LogP contribution in [-0.4, -0.2) is 44.3 Å². The molecule has 0 aliphatic heterocycles. The predicted octanol–water partition coefficient (Wildman–Crippen LogP) is 6.54. The van der Waals surface area contributed by atoms with Crippen molar-refractivity contribution >= 4 is 36.0 Å². The first-order valence-electron chi connectivity index (χ1n) is 13.7. The van der Waals surface area contributed by atoms with Gasteiger partial charge in [0.25, 0.3) is 0 Å². The highest BCUT2D eigenvalue weighted by Crippen LogP contribution is 2.57. The van der Waals surface area contributed by atoms with Crippen LogP contribution in [-0.2, 0) is 19.2 Å². The molecule has 0 atom stereocenters. The number of carboxylic acids is 4. The van der Waals surface area contributed by atoms with Crippen LogP contribution in [0.5, 0.6) is 0 Å². The molecular weight excluding hydrogens is 560 g/mol. The van der Waals surface area contributed by atoms with E-state index in [4.69, 9.17) is 10.2 Å². The van der Waals surface area contributed by atoms with Gasteiger partial charge >= 0.3 is 23.9 Å². The minimum absolute atomic E-state index is 0.499. The fourth-order valence-corrected chi connectivity index (χ4v) is 5.01. The molecule has 1 fully saturated rings. The molecule has 0 spiro atoms. The summed E-state index contributed by atoms with van der Waals surface area (Å²) in [6, 6.07) is 36.7. The SMILES string of the molecule is O=C(O)/C=C/c1ccccc1.O=C(O)/C=C/c1ccccc1.O=C(O)C1C(c2ccccc2)C(C(=O)O)C1c1ccccc1. The molecule has 1 saturated carbocycles. The molecule has 4 N–H and O–H groups in total. The van der Waals surface area contributed by atoms with Crippen molar-refractivity contribution in [3.8, 4) is 0 Å². The van der Waals surface area contributed by atoms with E-state index in [9.17, 15) is 29.4 Å². The Hall–Kier alpha value is -5.76. The molecule has 8 heteroatoms. The molecule has 1 aliphatic rings. The molecule has 0 radical (unpaired) electrons. The topological polar surface area (TPSA) is 149 Å². The second kappa shape index (κ2) is 16.6. The normalized spacial score (nSPS) is 18.5. The molecule has 0 heterocycles. The Labute approximate surface area is 254 Å². The van der Waals surface area contributed by atoms with Crippen LogP contribution in [0.25, 0.3) is 12.2 Å². The Morgan fingerprint density at radius 3 is 0.955 bits per heavy atom. The smallest absolute Gasteiger partial charge is 0.328 e. The second-order valence-corrected chi connectivity index (χ2v) is 9.77. The van der Waals surface area contributed by atoms with Gasteiger partial charge in [-0.2, -0.15) is 0 Å². The van der Waals surface area contributed by atoms with Crippen molar-refractivity contribution in [2.24, 2.45) is 11.8 Å². The third kappa shape index (κ3) is 9.66. The zero-order valence-electron chi connectivity index (χ0n) is 23.6. The lowest BCUT2D eigenvalue weighted by Crippen LogP contribution is -2.50. The van der Waals surface area contributed by atoms with Gasteiger partial charge in [-0.15, -0.1) is 0 Å². The molecule has 0 aromatic heterocycles. The molecule has 0 amide bonds. The van der Waals surface area contributed by atoms with Gasteiger partial charge < -0.3 is 20.4 Å². The Bertz CT molecular complexity index is 1440. The van der Waals surface area contributed by atoms with Crippen LogP contribution in [0.2, 0.25) is 0 Å². The van der Waals surface area contributed by atoms with E-state index < -0.39 is 47.5 Å². The molecule has 224 valence electrons. The number of carbonyl (C=O) groups is 4. The largest absolute Gasteiger partial charge is 0.481 e. The van der Waals surface area contributed by atoms with Gasteiger partial charge in [0.15, 0.2) is 0 Å². The van der Waals surface area contributed by atoms with Gasteiger partial charge in [-0.25, -0.2) is 9.59 Å². The fraction of sp³-hybridized carbons (Fsp3) is 0.111. The van der Waals surface area contributed by atoms with Crippen LogP contribution in [0.1, 0.15) is 34.1 Å². The highest BCUT2D eigenvalue weighted by molar-refractivity contribution is 5.86. The molecule has 8 nitrogen and oxygen atoms in total. The van der Waals surface area contributed by atoms with Crippen LogP contribution < -0.4 is 0 Å². The van der Waals surface area contributed by atoms with Crippen LogP contribution in [0.15, 0.2) is 133 Å². The minimum atomic E-state index is -0.944. The number of hydrogen-bond donors (Lipinski definition) is 4. The maximum absolute atomic E-state index is 11.7. The van der Waals surface area contributed by atoms with Gasteiger partial charge in [0.05, 0.1) is 11.8 Å². The van der Waals surface area contributed by atoms with E-state index in [-0.39, 0.29) is 0 Å². The summed E-state index contributed by atoms with van der Waals surface area (Å²) in [4.78, 5) is 43.6. The van der Waals surface area contributed by atoms with Crippen LogP contribution in [0, 0.1) is 11.8 Å². The van der Waals surface area contributed by atoms with Crippen molar-refractivity contribution < 1.29 is 39.6 Å². The second-order valence-electron chi connectivity index (χ2n) is 9.77. The number of benzene rings is 4. The molecular formula is C36H32O8. The van der Waals surface area contributed by atoms with Gasteiger partial charge in [-0.3, -0.25) is 9.59 Å². The molecule has 0 saturated heterocycles. The third-order valence-corrected chi connectivity index (χ3v) is 6.92. The summed E-state index contributed by atoms with van der Waals surface area (Å²) in [5.41, 5.74) is 3.34. The van der Waals surface area contributed by atoms with E-state index in [0.717, 1.165) is 34.4 Å². The summed E-state index contributed by atoms with van der Waals surface area (Å²) in [5.74, 6) is -6.16. The highest BCUT2D eigenvalue weighted by Gasteiger charge is 2.58. The zero-order chi connectivity index (χ0) is 31.9. The Kier molecular flexibility index (Phi) is 12.4. The number of carboxylic acid groups (broad SMARTS) is 4. The molecule has 1 aliphatic carbocycles. The van der Waals surface area contributed by atoms with Crippen molar-refractivity contribution in [1.29, 1.82) is 0 Å². The number of aliphatic carboxylic acids is 4. The summed E-state index contributed by atoms with van der Waals surface area (Å²) < 4.78 is 0. The molecule has 0 unspecified atom stereocenters. The zero-order valence-corrected chi connectivity index (χ0v) is 23.6. The van der Waals surface area contributed by atoms with Crippen LogP contribution in [0.4, 0.5) is 0 Å². The first-order chi connectivity index (χ1) is 21.2. The maximum Gasteiger partial charge on any atom is 0.328 e. The fourth-order valence-electron chi connectivity index (χ4n) is 5.01. The lowest BCUT2D eigenvalue weighted by molar-refractivity contribution is -0.160. The molecule has 5 rings (SSSR count). The lowest BCUT2D eigenvalue weighted by Gasteiger charge is -2.48. The Morgan fingerprint density at radius 1 is 0.432 bits per heavy atom. The number of rotatable bonds is 8. The first kappa shape index (κ1) is 32.8. The summed E-state index contributed by atoms with van der Waals surface area (Å²) in [7, 11) is 0. The molecule has 44 heavy (non-hydrogen) atoms.